The lowest BCUT2D eigenvalue weighted by molar-refractivity contribution is 0.109. The zero-order valence-corrected chi connectivity index (χ0v) is 13.3. The van der Waals surface area contributed by atoms with Crippen molar-refractivity contribution in [3.05, 3.63) is 0 Å². The molecule has 0 spiro atoms. The fraction of sp³-hybridized carbons (Fsp3) is 1.00. The van der Waals surface area contributed by atoms with E-state index in [1.54, 1.807) is 0 Å². The standard InChI is InChI=1S/C17H32N2O/c1-13(14-7-8-14)19(9-10-20-2)12-16-11-15-5-3-4-6-17(15)18-16/h13-18H,3-12H2,1-2H3. The zero-order valence-electron chi connectivity index (χ0n) is 13.3. The first-order valence-corrected chi connectivity index (χ1v) is 8.77. The van der Waals surface area contributed by atoms with E-state index in [0.717, 1.165) is 43.1 Å². The molecule has 1 heterocycles. The molecule has 0 aromatic carbocycles. The van der Waals surface area contributed by atoms with E-state index >= 15 is 0 Å². The van der Waals surface area contributed by atoms with Crippen molar-refractivity contribution >= 4 is 0 Å². The summed E-state index contributed by atoms with van der Waals surface area (Å²) < 4.78 is 5.32. The molecule has 0 aromatic rings. The van der Waals surface area contributed by atoms with Crippen LogP contribution in [0.4, 0.5) is 0 Å². The van der Waals surface area contributed by atoms with E-state index in [1.807, 2.05) is 7.11 Å². The van der Waals surface area contributed by atoms with E-state index in [4.69, 9.17) is 4.74 Å². The molecule has 3 aliphatic rings. The Balaban J connectivity index is 1.52. The quantitative estimate of drug-likeness (QED) is 0.776. The molecule has 2 aliphatic carbocycles. The van der Waals surface area contributed by atoms with Crippen LogP contribution in [0.3, 0.4) is 0 Å². The molecular formula is C17H32N2O. The molecule has 20 heavy (non-hydrogen) atoms. The summed E-state index contributed by atoms with van der Waals surface area (Å²) in [6.07, 6.45) is 10.1. The lowest BCUT2D eigenvalue weighted by atomic mass is 9.85. The number of ether oxygens (including phenoxy) is 1. The van der Waals surface area contributed by atoms with Crippen LogP contribution in [0.5, 0.6) is 0 Å². The maximum atomic E-state index is 5.32. The van der Waals surface area contributed by atoms with E-state index in [9.17, 15) is 0 Å². The summed E-state index contributed by atoms with van der Waals surface area (Å²) in [4.78, 5) is 2.69. The number of methoxy groups -OCH3 is 1. The second-order valence-electron chi connectivity index (χ2n) is 7.32. The van der Waals surface area contributed by atoms with Gasteiger partial charge in [0.25, 0.3) is 0 Å². The van der Waals surface area contributed by atoms with E-state index in [2.05, 4.69) is 17.1 Å². The number of rotatable bonds is 7. The maximum absolute atomic E-state index is 5.32. The molecule has 4 unspecified atom stereocenters. The monoisotopic (exact) mass is 280 g/mol. The number of nitrogens with one attached hydrogen (secondary N) is 1. The van der Waals surface area contributed by atoms with Crippen LogP contribution in [0.1, 0.15) is 51.9 Å². The molecule has 0 aromatic heterocycles. The van der Waals surface area contributed by atoms with Crippen molar-refractivity contribution in [1.82, 2.24) is 10.2 Å². The molecule has 4 atom stereocenters. The van der Waals surface area contributed by atoms with Crippen molar-refractivity contribution in [2.45, 2.75) is 70.0 Å². The average Bonchev–Trinajstić information content (AvgIpc) is 3.22. The molecule has 2 saturated carbocycles. The first-order valence-electron chi connectivity index (χ1n) is 8.77. The van der Waals surface area contributed by atoms with Crippen LogP contribution in [0.2, 0.25) is 0 Å². The molecule has 3 nitrogen and oxygen atoms in total. The van der Waals surface area contributed by atoms with Gasteiger partial charge in [-0.1, -0.05) is 12.8 Å². The molecule has 3 rings (SSSR count). The van der Waals surface area contributed by atoms with Gasteiger partial charge in [0.1, 0.15) is 0 Å². The third kappa shape index (κ3) is 3.55. The van der Waals surface area contributed by atoms with Crippen LogP contribution >= 0.6 is 0 Å². The predicted molar refractivity (Wildman–Crippen MR) is 82.9 cm³/mol. The smallest absolute Gasteiger partial charge is 0.0589 e. The molecule has 1 N–H and O–H groups in total. The van der Waals surface area contributed by atoms with Gasteiger partial charge in [0.15, 0.2) is 0 Å². The Morgan fingerprint density at radius 1 is 1.20 bits per heavy atom. The van der Waals surface area contributed by atoms with Gasteiger partial charge in [-0.05, 0) is 50.9 Å². The predicted octanol–water partition coefficient (Wildman–Crippen LogP) is 2.65. The Morgan fingerprint density at radius 2 is 2.00 bits per heavy atom. The molecule has 3 fully saturated rings. The van der Waals surface area contributed by atoms with Crippen molar-refractivity contribution in [3.63, 3.8) is 0 Å². The third-order valence-corrected chi connectivity index (χ3v) is 5.86. The van der Waals surface area contributed by atoms with Gasteiger partial charge in [-0.2, -0.15) is 0 Å². The van der Waals surface area contributed by atoms with E-state index < -0.39 is 0 Å². The van der Waals surface area contributed by atoms with Gasteiger partial charge >= 0.3 is 0 Å². The zero-order chi connectivity index (χ0) is 13.9. The Morgan fingerprint density at radius 3 is 2.70 bits per heavy atom. The van der Waals surface area contributed by atoms with E-state index in [-0.39, 0.29) is 0 Å². The maximum Gasteiger partial charge on any atom is 0.0589 e. The highest BCUT2D eigenvalue weighted by Crippen LogP contribution is 2.37. The summed E-state index contributed by atoms with van der Waals surface area (Å²) in [6.45, 7) is 5.63. The van der Waals surface area contributed by atoms with E-state index in [1.165, 1.54) is 51.5 Å². The van der Waals surface area contributed by atoms with Crippen LogP contribution in [0.15, 0.2) is 0 Å². The fourth-order valence-electron chi connectivity index (χ4n) is 4.40. The third-order valence-electron chi connectivity index (χ3n) is 5.86. The Labute approximate surface area is 124 Å². The van der Waals surface area contributed by atoms with Crippen molar-refractivity contribution in [2.24, 2.45) is 11.8 Å². The highest BCUT2D eigenvalue weighted by molar-refractivity contribution is 4.95. The average molecular weight is 280 g/mol. The Hall–Kier alpha value is -0.120. The van der Waals surface area contributed by atoms with Gasteiger partial charge in [-0.15, -0.1) is 0 Å². The summed E-state index contributed by atoms with van der Waals surface area (Å²) >= 11 is 0. The first kappa shape index (κ1) is 14.8. The molecule has 3 heteroatoms. The van der Waals surface area contributed by atoms with Crippen molar-refractivity contribution in [2.75, 3.05) is 26.8 Å². The van der Waals surface area contributed by atoms with Gasteiger partial charge in [0, 0.05) is 38.3 Å². The minimum atomic E-state index is 0.723. The van der Waals surface area contributed by atoms with Crippen LogP contribution in [0.25, 0.3) is 0 Å². The molecule has 116 valence electrons. The Bertz CT molecular complexity index is 291. The largest absolute Gasteiger partial charge is 0.383 e. The molecular weight excluding hydrogens is 248 g/mol. The highest BCUT2D eigenvalue weighted by atomic mass is 16.5. The van der Waals surface area contributed by atoms with Crippen LogP contribution in [0, 0.1) is 11.8 Å². The summed E-state index contributed by atoms with van der Waals surface area (Å²) in [5, 5.41) is 3.93. The SMILES string of the molecule is COCCN(CC1CC2CCCCC2N1)C(C)C1CC1. The van der Waals surface area contributed by atoms with Gasteiger partial charge in [-0.25, -0.2) is 0 Å². The number of hydrogen-bond acceptors (Lipinski definition) is 3. The highest BCUT2D eigenvalue weighted by Gasteiger charge is 2.38. The van der Waals surface area contributed by atoms with Crippen molar-refractivity contribution in [3.8, 4) is 0 Å². The normalized spacial score (nSPS) is 35.2. The second kappa shape index (κ2) is 6.76. The molecule has 0 radical (unpaired) electrons. The molecule has 0 bridgehead atoms. The lowest BCUT2D eigenvalue weighted by Crippen LogP contribution is -2.45. The summed E-state index contributed by atoms with van der Waals surface area (Å²) in [6, 6.07) is 2.30. The summed E-state index contributed by atoms with van der Waals surface area (Å²) in [5.74, 6) is 1.92. The van der Waals surface area contributed by atoms with Crippen LogP contribution in [-0.2, 0) is 4.74 Å². The minimum Gasteiger partial charge on any atom is -0.383 e. The van der Waals surface area contributed by atoms with Crippen molar-refractivity contribution < 1.29 is 4.74 Å². The Kier molecular flexibility index (Phi) is 5.00. The van der Waals surface area contributed by atoms with E-state index in [0.29, 0.717) is 0 Å². The van der Waals surface area contributed by atoms with Crippen LogP contribution in [-0.4, -0.2) is 49.8 Å². The topological polar surface area (TPSA) is 24.5 Å². The lowest BCUT2D eigenvalue weighted by Gasteiger charge is -2.31. The van der Waals surface area contributed by atoms with Gasteiger partial charge in [-0.3, -0.25) is 4.90 Å². The number of nitrogens with zero attached hydrogens (tertiary/aromatic N) is 1. The van der Waals surface area contributed by atoms with Crippen molar-refractivity contribution in [1.29, 1.82) is 0 Å². The minimum absolute atomic E-state index is 0.723. The second-order valence-corrected chi connectivity index (χ2v) is 7.32. The summed E-state index contributed by atoms with van der Waals surface area (Å²) in [7, 11) is 1.82. The van der Waals surface area contributed by atoms with Gasteiger partial charge in [0.05, 0.1) is 6.61 Å². The molecule has 1 aliphatic heterocycles. The van der Waals surface area contributed by atoms with Gasteiger partial charge < -0.3 is 10.1 Å². The number of fused-ring (bicyclic) bond motifs is 1. The van der Waals surface area contributed by atoms with Gasteiger partial charge in [0.2, 0.25) is 0 Å². The summed E-state index contributed by atoms with van der Waals surface area (Å²) in [5.41, 5.74) is 0. The fourth-order valence-corrected chi connectivity index (χ4v) is 4.40. The number of hydrogen-bond donors (Lipinski definition) is 1. The molecule has 1 saturated heterocycles. The van der Waals surface area contributed by atoms with Crippen LogP contribution < -0.4 is 5.32 Å². The first-order chi connectivity index (χ1) is 9.78. The molecule has 0 amide bonds.